The molecule has 0 bridgehead atoms. The molecule has 1 atom stereocenters. The van der Waals surface area contributed by atoms with Crippen molar-refractivity contribution in [3.05, 3.63) is 111 Å². The molecule has 0 aliphatic carbocycles. The molecule has 1 amide bonds. The van der Waals surface area contributed by atoms with Crippen LogP contribution >= 0.6 is 15.9 Å². The number of benzene rings is 3. The summed E-state index contributed by atoms with van der Waals surface area (Å²) in [4.78, 5) is 14.8. The standard InChI is InChI=1S/C24H20BrNO2/c1-16-7-9-18(10-8-16)21-22(19-11-13-20(25)14-12-19)26(24(28)23(21)27)15-17-5-3-2-4-6-17/h2-14,22,27H,15H2,1H3/t22-/m1/s1. The van der Waals surface area contributed by atoms with Crippen molar-refractivity contribution < 1.29 is 9.90 Å². The lowest BCUT2D eigenvalue weighted by Crippen LogP contribution is -2.29. The van der Waals surface area contributed by atoms with E-state index in [9.17, 15) is 9.90 Å². The summed E-state index contributed by atoms with van der Waals surface area (Å²) in [5.74, 6) is -0.514. The van der Waals surface area contributed by atoms with Gasteiger partial charge in [-0.25, -0.2) is 0 Å². The predicted octanol–water partition coefficient (Wildman–Crippen LogP) is 5.81. The molecule has 0 saturated heterocycles. The first-order valence-corrected chi connectivity index (χ1v) is 9.94. The van der Waals surface area contributed by atoms with Gasteiger partial charge in [0.1, 0.15) is 0 Å². The number of hydrogen-bond acceptors (Lipinski definition) is 2. The third-order valence-corrected chi connectivity index (χ3v) is 5.58. The highest BCUT2D eigenvalue weighted by molar-refractivity contribution is 9.10. The highest BCUT2D eigenvalue weighted by atomic mass is 79.9. The molecule has 4 rings (SSSR count). The molecule has 3 aromatic carbocycles. The molecule has 0 radical (unpaired) electrons. The first-order chi connectivity index (χ1) is 13.5. The monoisotopic (exact) mass is 433 g/mol. The Morgan fingerprint density at radius 1 is 0.929 bits per heavy atom. The summed E-state index contributed by atoms with van der Waals surface area (Å²) in [5.41, 5.74) is 4.64. The number of halogens is 1. The molecule has 0 spiro atoms. The molecule has 0 aromatic heterocycles. The first-order valence-electron chi connectivity index (χ1n) is 9.15. The molecule has 0 fully saturated rings. The van der Waals surface area contributed by atoms with Crippen molar-refractivity contribution in [3.8, 4) is 0 Å². The number of aliphatic hydroxyl groups excluding tert-OH is 1. The molecule has 0 unspecified atom stereocenters. The quantitative estimate of drug-likeness (QED) is 0.563. The third-order valence-electron chi connectivity index (χ3n) is 5.05. The Balaban J connectivity index is 1.81. The zero-order valence-electron chi connectivity index (χ0n) is 15.5. The van der Waals surface area contributed by atoms with E-state index in [-0.39, 0.29) is 17.7 Å². The van der Waals surface area contributed by atoms with E-state index in [2.05, 4.69) is 15.9 Å². The first kappa shape index (κ1) is 18.5. The van der Waals surface area contributed by atoms with Gasteiger partial charge in [-0.1, -0.05) is 88.2 Å². The maximum absolute atomic E-state index is 13.0. The van der Waals surface area contributed by atoms with Gasteiger partial charge in [-0.2, -0.15) is 0 Å². The summed E-state index contributed by atoms with van der Waals surface area (Å²) in [6.45, 7) is 2.45. The molecule has 140 valence electrons. The van der Waals surface area contributed by atoms with Crippen molar-refractivity contribution in [1.29, 1.82) is 0 Å². The summed E-state index contributed by atoms with van der Waals surface area (Å²) < 4.78 is 0.972. The van der Waals surface area contributed by atoms with Crippen LogP contribution in [-0.2, 0) is 11.3 Å². The molecule has 4 heteroatoms. The molecule has 1 aliphatic rings. The van der Waals surface area contributed by atoms with Crippen LogP contribution in [0.1, 0.15) is 28.3 Å². The van der Waals surface area contributed by atoms with E-state index in [0.29, 0.717) is 12.1 Å². The number of hydrogen-bond donors (Lipinski definition) is 1. The third kappa shape index (κ3) is 3.48. The second kappa shape index (κ2) is 7.64. The van der Waals surface area contributed by atoms with E-state index in [1.165, 1.54) is 0 Å². The van der Waals surface area contributed by atoms with Gasteiger partial charge in [0.2, 0.25) is 0 Å². The molecule has 3 aromatic rings. The van der Waals surface area contributed by atoms with Gasteiger partial charge in [0.15, 0.2) is 5.76 Å². The number of aryl methyl sites for hydroxylation is 1. The van der Waals surface area contributed by atoms with Gasteiger partial charge in [0.05, 0.1) is 6.04 Å². The van der Waals surface area contributed by atoms with Gasteiger partial charge in [-0.15, -0.1) is 0 Å². The molecular formula is C24H20BrNO2. The summed E-state index contributed by atoms with van der Waals surface area (Å²) in [7, 11) is 0. The Hall–Kier alpha value is -2.85. The van der Waals surface area contributed by atoms with Crippen LogP contribution in [0.2, 0.25) is 0 Å². The van der Waals surface area contributed by atoms with Gasteiger partial charge < -0.3 is 10.0 Å². The van der Waals surface area contributed by atoms with Gasteiger partial charge in [0, 0.05) is 16.6 Å². The van der Waals surface area contributed by atoms with Crippen molar-refractivity contribution in [2.24, 2.45) is 0 Å². The molecule has 0 saturated carbocycles. The number of carbonyl (C=O) groups excluding carboxylic acids is 1. The van der Waals surface area contributed by atoms with Crippen LogP contribution in [0.5, 0.6) is 0 Å². The SMILES string of the molecule is Cc1ccc(C2=C(O)C(=O)N(Cc3ccccc3)[C@@H]2c2ccc(Br)cc2)cc1. The average molecular weight is 434 g/mol. The van der Waals surface area contributed by atoms with Crippen LogP contribution < -0.4 is 0 Å². The van der Waals surface area contributed by atoms with Crippen molar-refractivity contribution >= 4 is 27.4 Å². The number of rotatable bonds is 4. The lowest BCUT2D eigenvalue weighted by atomic mass is 9.93. The fraction of sp³-hybridized carbons (Fsp3) is 0.125. The minimum atomic E-state index is -0.344. The maximum Gasteiger partial charge on any atom is 0.290 e. The Morgan fingerprint density at radius 2 is 1.57 bits per heavy atom. The highest BCUT2D eigenvalue weighted by Crippen LogP contribution is 2.43. The predicted molar refractivity (Wildman–Crippen MR) is 115 cm³/mol. The van der Waals surface area contributed by atoms with Gasteiger partial charge in [0.25, 0.3) is 5.91 Å². The van der Waals surface area contributed by atoms with Gasteiger partial charge in [-0.05, 0) is 35.7 Å². The summed E-state index contributed by atoms with van der Waals surface area (Å²) in [6.07, 6.45) is 0. The molecule has 28 heavy (non-hydrogen) atoms. The Labute approximate surface area is 173 Å². The largest absolute Gasteiger partial charge is 0.503 e. The topological polar surface area (TPSA) is 40.5 Å². The van der Waals surface area contributed by atoms with Gasteiger partial charge >= 0.3 is 0 Å². The zero-order chi connectivity index (χ0) is 19.7. The maximum atomic E-state index is 13.0. The Morgan fingerprint density at radius 3 is 2.21 bits per heavy atom. The molecule has 1 aliphatic heterocycles. The van der Waals surface area contributed by atoms with E-state index < -0.39 is 0 Å². The smallest absolute Gasteiger partial charge is 0.290 e. The minimum Gasteiger partial charge on any atom is -0.503 e. The fourth-order valence-corrected chi connectivity index (χ4v) is 3.88. The fourth-order valence-electron chi connectivity index (χ4n) is 3.62. The number of amides is 1. The molecule has 3 nitrogen and oxygen atoms in total. The van der Waals surface area contributed by atoms with Crippen LogP contribution in [0.4, 0.5) is 0 Å². The van der Waals surface area contributed by atoms with Crippen LogP contribution in [0, 0.1) is 6.92 Å². The van der Waals surface area contributed by atoms with Crippen LogP contribution in [0.3, 0.4) is 0 Å². The number of carbonyl (C=O) groups is 1. The lowest BCUT2D eigenvalue weighted by molar-refractivity contribution is -0.130. The highest BCUT2D eigenvalue weighted by Gasteiger charge is 2.40. The van der Waals surface area contributed by atoms with Crippen molar-refractivity contribution in [2.75, 3.05) is 0 Å². The van der Waals surface area contributed by atoms with Gasteiger partial charge in [-0.3, -0.25) is 4.79 Å². The zero-order valence-corrected chi connectivity index (χ0v) is 17.1. The van der Waals surface area contributed by atoms with E-state index in [1.807, 2.05) is 85.8 Å². The van der Waals surface area contributed by atoms with Crippen molar-refractivity contribution in [3.63, 3.8) is 0 Å². The summed E-state index contributed by atoms with van der Waals surface area (Å²) >= 11 is 3.47. The number of aliphatic hydroxyl groups is 1. The van der Waals surface area contributed by atoms with Crippen LogP contribution in [0.15, 0.2) is 89.1 Å². The second-order valence-corrected chi connectivity index (χ2v) is 7.92. The number of nitrogens with zero attached hydrogens (tertiary/aromatic N) is 1. The van der Waals surface area contributed by atoms with E-state index in [1.54, 1.807) is 4.90 Å². The minimum absolute atomic E-state index is 0.173. The Bertz CT molecular complexity index is 1020. The normalized spacial score (nSPS) is 16.7. The second-order valence-electron chi connectivity index (χ2n) is 7.00. The molecule has 1 N–H and O–H groups in total. The van der Waals surface area contributed by atoms with E-state index in [0.717, 1.165) is 26.7 Å². The van der Waals surface area contributed by atoms with E-state index in [4.69, 9.17) is 0 Å². The van der Waals surface area contributed by atoms with Crippen molar-refractivity contribution in [2.45, 2.75) is 19.5 Å². The molecule has 1 heterocycles. The van der Waals surface area contributed by atoms with Crippen LogP contribution in [-0.4, -0.2) is 15.9 Å². The van der Waals surface area contributed by atoms with E-state index >= 15 is 0 Å². The lowest BCUT2D eigenvalue weighted by Gasteiger charge is -2.27. The van der Waals surface area contributed by atoms with Crippen LogP contribution in [0.25, 0.3) is 5.57 Å². The summed E-state index contributed by atoms with van der Waals surface area (Å²) in [5, 5.41) is 10.8. The summed E-state index contributed by atoms with van der Waals surface area (Å²) in [6, 6.07) is 25.3. The van der Waals surface area contributed by atoms with Crippen molar-refractivity contribution in [1.82, 2.24) is 4.90 Å². The molecular weight excluding hydrogens is 414 g/mol. The Kier molecular flexibility index (Phi) is 5.05. The average Bonchev–Trinajstić information content (AvgIpc) is 2.95.